The van der Waals surface area contributed by atoms with Crippen LogP contribution < -0.4 is 0 Å². The molecule has 0 aliphatic heterocycles. The number of aryl methyl sites for hydroxylation is 3. The first-order valence-corrected chi connectivity index (χ1v) is 7.43. The van der Waals surface area contributed by atoms with Crippen molar-refractivity contribution in [1.29, 1.82) is 0 Å². The lowest BCUT2D eigenvalue weighted by Gasteiger charge is -2.21. The molecule has 2 atom stereocenters. The number of rotatable bonds is 2. The second-order valence-electron chi connectivity index (χ2n) is 6.28. The lowest BCUT2D eigenvalue weighted by Crippen LogP contribution is -2.14. The summed E-state index contributed by atoms with van der Waals surface area (Å²) in [7, 11) is 1.49. The van der Waals surface area contributed by atoms with Gasteiger partial charge in [-0.1, -0.05) is 12.1 Å². The molecular weight excluding hydrogens is 248 g/mol. The first kappa shape index (κ1) is 13.4. The summed E-state index contributed by atoms with van der Waals surface area (Å²) in [5.41, 5.74) is 7.38. The number of benzene rings is 1. The minimum absolute atomic E-state index is 0.121. The molecule has 0 heterocycles. The monoisotopic (exact) mass is 270 g/mol. The molecule has 1 aromatic rings. The molecule has 1 saturated carbocycles. The van der Waals surface area contributed by atoms with Crippen LogP contribution in [0.25, 0.3) is 5.57 Å². The van der Waals surface area contributed by atoms with Gasteiger partial charge < -0.3 is 4.74 Å². The van der Waals surface area contributed by atoms with Gasteiger partial charge in [-0.3, -0.25) is 0 Å². The number of allylic oxidation sites excluding steroid dienone is 1. The van der Waals surface area contributed by atoms with E-state index in [0.29, 0.717) is 11.8 Å². The molecule has 0 saturated heterocycles. The van der Waals surface area contributed by atoms with Gasteiger partial charge in [-0.15, -0.1) is 0 Å². The van der Waals surface area contributed by atoms with Crippen molar-refractivity contribution in [3.05, 3.63) is 40.0 Å². The van der Waals surface area contributed by atoms with Crippen LogP contribution in [0.15, 0.2) is 17.7 Å². The Balaban J connectivity index is 2.18. The van der Waals surface area contributed by atoms with E-state index in [1.54, 1.807) is 0 Å². The van der Waals surface area contributed by atoms with Crippen molar-refractivity contribution >= 4 is 11.5 Å². The summed E-state index contributed by atoms with van der Waals surface area (Å²) in [4.78, 5) is 12.2. The Labute approximate surface area is 120 Å². The molecule has 2 unspecified atom stereocenters. The van der Waals surface area contributed by atoms with Gasteiger partial charge in [0.05, 0.1) is 7.11 Å². The summed E-state index contributed by atoms with van der Waals surface area (Å²) in [6.45, 7) is 6.43. The van der Waals surface area contributed by atoms with Crippen LogP contribution in [0.4, 0.5) is 0 Å². The minimum Gasteiger partial charge on any atom is -0.466 e. The average molecular weight is 270 g/mol. The standard InChI is InChI=1S/C18H22O2/c1-10-7-12(3)15(8-11(10)2)16-13-5-6-14(9-13)17(16)18(19)20-4/h7-8,13-14H,5-6,9H2,1-4H3. The number of carbonyl (C=O) groups excluding carboxylic acids is 1. The Bertz CT molecular complexity index is 610. The fourth-order valence-electron chi connectivity index (χ4n) is 3.95. The van der Waals surface area contributed by atoms with Crippen molar-refractivity contribution in [3.63, 3.8) is 0 Å². The fourth-order valence-corrected chi connectivity index (χ4v) is 3.95. The van der Waals surface area contributed by atoms with Crippen LogP contribution >= 0.6 is 0 Å². The predicted molar refractivity (Wildman–Crippen MR) is 80.4 cm³/mol. The van der Waals surface area contributed by atoms with E-state index in [-0.39, 0.29) is 5.97 Å². The number of hydrogen-bond donors (Lipinski definition) is 0. The zero-order chi connectivity index (χ0) is 14.4. The van der Waals surface area contributed by atoms with Crippen LogP contribution in [0.5, 0.6) is 0 Å². The van der Waals surface area contributed by atoms with Crippen LogP contribution in [-0.4, -0.2) is 13.1 Å². The molecule has 2 aliphatic carbocycles. The lowest BCUT2D eigenvalue weighted by molar-refractivity contribution is -0.136. The Morgan fingerprint density at radius 2 is 1.70 bits per heavy atom. The second kappa shape index (κ2) is 4.76. The van der Waals surface area contributed by atoms with Gasteiger partial charge in [-0.2, -0.15) is 0 Å². The topological polar surface area (TPSA) is 26.3 Å². The maximum atomic E-state index is 12.2. The highest BCUT2D eigenvalue weighted by molar-refractivity contribution is 6.00. The molecule has 2 aliphatic rings. The van der Waals surface area contributed by atoms with E-state index in [0.717, 1.165) is 18.4 Å². The molecule has 1 fully saturated rings. The predicted octanol–water partition coefficient (Wildman–Crippen LogP) is 3.97. The molecule has 0 amide bonds. The number of methoxy groups -OCH3 is 1. The molecule has 106 valence electrons. The Morgan fingerprint density at radius 3 is 2.40 bits per heavy atom. The molecule has 1 aromatic carbocycles. The molecular formula is C18H22O2. The summed E-state index contributed by atoms with van der Waals surface area (Å²) >= 11 is 0. The summed E-state index contributed by atoms with van der Waals surface area (Å²) in [6, 6.07) is 4.49. The van der Waals surface area contributed by atoms with Crippen LogP contribution in [0.2, 0.25) is 0 Å². The van der Waals surface area contributed by atoms with Crippen molar-refractivity contribution in [1.82, 2.24) is 0 Å². The zero-order valence-electron chi connectivity index (χ0n) is 12.7. The van der Waals surface area contributed by atoms with Gasteiger partial charge in [0.25, 0.3) is 0 Å². The van der Waals surface area contributed by atoms with Gasteiger partial charge in [-0.05, 0) is 79.7 Å². The normalized spacial score (nSPS) is 24.4. The molecule has 0 N–H and O–H groups in total. The van der Waals surface area contributed by atoms with Crippen LogP contribution in [-0.2, 0) is 9.53 Å². The Kier molecular flexibility index (Phi) is 3.19. The molecule has 3 rings (SSSR count). The highest BCUT2D eigenvalue weighted by atomic mass is 16.5. The molecule has 2 nitrogen and oxygen atoms in total. The van der Waals surface area contributed by atoms with Gasteiger partial charge in [0.1, 0.15) is 0 Å². The third-order valence-electron chi connectivity index (χ3n) is 5.08. The van der Waals surface area contributed by atoms with Gasteiger partial charge in [0.2, 0.25) is 0 Å². The van der Waals surface area contributed by atoms with Crippen LogP contribution in [0.3, 0.4) is 0 Å². The first-order chi connectivity index (χ1) is 9.52. The largest absolute Gasteiger partial charge is 0.466 e. The van der Waals surface area contributed by atoms with Crippen molar-refractivity contribution < 1.29 is 9.53 Å². The summed E-state index contributed by atoms with van der Waals surface area (Å²) in [5.74, 6) is 0.850. The van der Waals surface area contributed by atoms with E-state index in [1.807, 2.05) is 0 Å². The SMILES string of the molecule is COC(=O)C1=C(c2cc(C)c(C)cc2C)C2CCC1C2. The van der Waals surface area contributed by atoms with E-state index in [1.165, 1.54) is 41.4 Å². The third-order valence-corrected chi connectivity index (χ3v) is 5.08. The van der Waals surface area contributed by atoms with Crippen molar-refractivity contribution in [2.75, 3.05) is 7.11 Å². The highest BCUT2D eigenvalue weighted by Crippen LogP contribution is 2.53. The number of fused-ring (bicyclic) bond motifs is 2. The number of hydrogen-bond acceptors (Lipinski definition) is 2. The van der Waals surface area contributed by atoms with E-state index < -0.39 is 0 Å². The van der Waals surface area contributed by atoms with Crippen molar-refractivity contribution in [3.8, 4) is 0 Å². The quantitative estimate of drug-likeness (QED) is 0.760. The zero-order valence-corrected chi connectivity index (χ0v) is 12.7. The second-order valence-corrected chi connectivity index (χ2v) is 6.28. The highest BCUT2D eigenvalue weighted by Gasteiger charge is 2.43. The molecule has 0 aromatic heterocycles. The maximum absolute atomic E-state index is 12.2. The fraction of sp³-hybridized carbons (Fsp3) is 0.500. The molecule has 2 heteroatoms. The molecule has 2 bridgehead atoms. The van der Waals surface area contributed by atoms with E-state index >= 15 is 0 Å². The van der Waals surface area contributed by atoms with E-state index in [9.17, 15) is 4.79 Å². The summed E-state index contributed by atoms with van der Waals surface area (Å²) in [6.07, 6.45) is 3.49. The average Bonchev–Trinajstić information content (AvgIpc) is 3.02. The molecule has 0 spiro atoms. The number of esters is 1. The van der Waals surface area contributed by atoms with Crippen molar-refractivity contribution in [2.24, 2.45) is 11.8 Å². The van der Waals surface area contributed by atoms with Gasteiger partial charge in [0, 0.05) is 5.57 Å². The van der Waals surface area contributed by atoms with Gasteiger partial charge >= 0.3 is 5.97 Å². The Hall–Kier alpha value is -1.57. The summed E-state index contributed by atoms with van der Waals surface area (Å²) in [5, 5.41) is 0. The van der Waals surface area contributed by atoms with Crippen LogP contribution in [0, 0.1) is 32.6 Å². The van der Waals surface area contributed by atoms with Crippen LogP contribution in [0.1, 0.15) is 41.5 Å². The maximum Gasteiger partial charge on any atom is 0.334 e. The summed E-state index contributed by atoms with van der Waals surface area (Å²) < 4.78 is 5.04. The minimum atomic E-state index is -0.121. The van der Waals surface area contributed by atoms with Gasteiger partial charge in [-0.25, -0.2) is 4.79 Å². The van der Waals surface area contributed by atoms with Gasteiger partial charge in [0.15, 0.2) is 0 Å². The first-order valence-electron chi connectivity index (χ1n) is 7.43. The lowest BCUT2D eigenvalue weighted by atomic mass is 9.84. The smallest absolute Gasteiger partial charge is 0.334 e. The number of ether oxygens (including phenoxy) is 1. The van der Waals surface area contributed by atoms with E-state index in [4.69, 9.17) is 4.74 Å². The number of carbonyl (C=O) groups is 1. The Morgan fingerprint density at radius 1 is 1.05 bits per heavy atom. The third kappa shape index (κ3) is 1.90. The van der Waals surface area contributed by atoms with Crippen molar-refractivity contribution in [2.45, 2.75) is 40.0 Å². The van der Waals surface area contributed by atoms with E-state index in [2.05, 4.69) is 32.9 Å². The molecule has 20 heavy (non-hydrogen) atoms. The molecule has 0 radical (unpaired) electrons.